The second-order valence-corrected chi connectivity index (χ2v) is 4.92. The van der Waals surface area contributed by atoms with Crippen LogP contribution in [0.25, 0.3) is 0 Å². The average molecular weight is 282 g/mol. The molecule has 1 heterocycles. The number of likely N-dealkylation sites (N-methyl/N-ethyl adjacent to an activating group) is 1. The summed E-state index contributed by atoms with van der Waals surface area (Å²) >= 11 is 0. The summed E-state index contributed by atoms with van der Waals surface area (Å²) in [5.41, 5.74) is -0.113. The van der Waals surface area contributed by atoms with Crippen LogP contribution in [0, 0.1) is 10.1 Å². The highest BCUT2D eigenvalue weighted by Crippen LogP contribution is 2.22. The van der Waals surface area contributed by atoms with Gasteiger partial charge in [0.2, 0.25) is 11.8 Å². The molecule has 0 radical (unpaired) electrons. The van der Waals surface area contributed by atoms with E-state index in [0.29, 0.717) is 5.95 Å². The van der Waals surface area contributed by atoms with Gasteiger partial charge in [-0.2, -0.15) is 4.98 Å². The molecule has 0 amide bonds. The largest absolute Gasteiger partial charge is 0.360 e. The lowest BCUT2D eigenvalue weighted by molar-refractivity contribution is -0.384. The minimum atomic E-state index is -0.478. The van der Waals surface area contributed by atoms with Gasteiger partial charge in [0, 0.05) is 19.1 Å². The molecule has 8 heteroatoms. The molecule has 0 aliphatic heterocycles. The molecule has 112 valence electrons. The van der Waals surface area contributed by atoms with Gasteiger partial charge in [-0.05, 0) is 27.4 Å². The maximum atomic E-state index is 11.0. The highest BCUT2D eigenvalue weighted by molar-refractivity contribution is 5.57. The molecule has 0 aliphatic carbocycles. The highest BCUT2D eigenvalue weighted by atomic mass is 16.6. The molecule has 20 heavy (non-hydrogen) atoms. The predicted molar refractivity (Wildman–Crippen MR) is 79.1 cm³/mol. The lowest BCUT2D eigenvalue weighted by Crippen LogP contribution is -2.30. The van der Waals surface area contributed by atoms with Gasteiger partial charge in [-0.1, -0.05) is 6.92 Å². The molecule has 1 rings (SSSR count). The van der Waals surface area contributed by atoms with Crippen LogP contribution >= 0.6 is 0 Å². The van der Waals surface area contributed by atoms with Crippen LogP contribution in [0.5, 0.6) is 0 Å². The van der Waals surface area contributed by atoms with Crippen LogP contribution in [0.2, 0.25) is 0 Å². The number of nitrogens with zero attached hydrogens (tertiary/aromatic N) is 4. The van der Waals surface area contributed by atoms with Crippen molar-refractivity contribution < 1.29 is 4.92 Å². The second-order valence-electron chi connectivity index (χ2n) is 4.92. The van der Waals surface area contributed by atoms with E-state index in [2.05, 4.69) is 20.6 Å². The zero-order valence-electron chi connectivity index (χ0n) is 12.4. The van der Waals surface area contributed by atoms with Crippen LogP contribution in [0.1, 0.15) is 20.3 Å². The van der Waals surface area contributed by atoms with Crippen molar-refractivity contribution in [3.05, 3.63) is 16.3 Å². The lowest BCUT2D eigenvalue weighted by Gasteiger charge is -2.18. The number of rotatable bonds is 8. The summed E-state index contributed by atoms with van der Waals surface area (Å²) in [4.78, 5) is 20.7. The van der Waals surface area contributed by atoms with Crippen molar-refractivity contribution in [3.63, 3.8) is 0 Å². The van der Waals surface area contributed by atoms with Crippen molar-refractivity contribution in [3.8, 4) is 0 Å². The molecular weight excluding hydrogens is 260 g/mol. The summed E-state index contributed by atoms with van der Waals surface area (Å²) in [7, 11) is 3.89. The van der Waals surface area contributed by atoms with Gasteiger partial charge in [0.1, 0.15) is 6.20 Å². The zero-order valence-corrected chi connectivity index (χ0v) is 12.4. The smallest absolute Gasteiger partial charge is 0.329 e. The van der Waals surface area contributed by atoms with Crippen LogP contribution in [-0.2, 0) is 0 Å². The quantitative estimate of drug-likeness (QED) is 0.551. The molecule has 0 aromatic carbocycles. The first-order chi connectivity index (χ1) is 9.43. The van der Waals surface area contributed by atoms with Gasteiger partial charge in [-0.25, -0.2) is 4.98 Å². The van der Waals surface area contributed by atoms with Crippen LogP contribution in [0.3, 0.4) is 0 Å². The molecule has 0 fully saturated rings. The van der Waals surface area contributed by atoms with E-state index in [-0.39, 0.29) is 17.5 Å². The number of nitro groups is 1. The van der Waals surface area contributed by atoms with E-state index in [0.717, 1.165) is 19.5 Å². The van der Waals surface area contributed by atoms with E-state index >= 15 is 0 Å². The number of hydrogen-bond acceptors (Lipinski definition) is 7. The van der Waals surface area contributed by atoms with Crippen LogP contribution in [0.15, 0.2) is 6.20 Å². The van der Waals surface area contributed by atoms with E-state index < -0.39 is 4.92 Å². The Hall–Kier alpha value is -1.96. The minimum Gasteiger partial charge on any atom is -0.360 e. The van der Waals surface area contributed by atoms with Gasteiger partial charge in [0.25, 0.3) is 0 Å². The molecule has 0 aliphatic rings. The van der Waals surface area contributed by atoms with Crippen molar-refractivity contribution in [1.82, 2.24) is 14.9 Å². The first-order valence-electron chi connectivity index (χ1n) is 6.60. The van der Waals surface area contributed by atoms with Crippen molar-refractivity contribution in [1.29, 1.82) is 0 Å². The standard InChI is InChI=1S/C12H22N6O2/c1-5-6-13-12-14-7-10(18(19)20)11(16-12)15-9(2)8-17(3)4/h7,9H,5-6,8H2,1-4H3,(H2,13,14,15,16). The lowest BCUT2D eigenvalue weighted by atomic mass is 10.3. The molecule has 1 aromatic rings. The third-order valence-electron chi connectivity index (χ3n) is 2.52. The Morgan fingerprint density at radius 1 is 1.50 bits per heavy atom. The summed E-state index contributed by atoms with van der Waals surface area (Å²) in [5.74, 6) is 0.648. The summed E-state index contributed by atoms with van der Waals surface area (Å²) in [6.07, 6.45) is 2.16. The second kappa shape index (κ2) is 7.59. The maximum absolute atomic E-state index is 11.0. The third-order valence-corrected chi connectivity index (χ3v) is 2.52. The summed E-state index contributed by atoms with van der Waals surface area (Å²) in [6, 6.07) is 0.0395. The Morgan fingerprint density at radius 2 is 2.20 bits per heavy atom. The van der Waals surface area contributed by atoms with E-state index in [9.17, 15) is 10.1 Å². The van der Waals surface area contributed by atoms with E-state index in [1.165, 1.54) is 6.20 Å². The molecule has 0 spiro atoms. The first kappa shape index (κ1) is 16.1. The van der Waals surface area contributed by atoms with Gasteiger partial charge in [-0.3, -0.25) is 10.1 Å². The first-order valence-corrected chi connectivity index (χ1v) is 6.60. The van der Waals surface area contributed by atoms with Gasteiger partial charge in [0.15, 0.2) is 0 Å². The van der Waals surface area contributed by atoms with Crippen LogP contribution in [-0.4, -0.2) is 53.0 Å². The fraction of sp³-hybridized carbons (Fsp3) is 0.667. The van der Waals surface area contributed by atoms with Crippen LogP contribution < -0.4 is 10.6 Å². The summed E-state index contributed by atoms with van der Waals surface area (Å²) in [6.45, 7) is 5.45. The molecule has 0 saturated heterocycles. The summed E-state index contributed by atoms with van der Waals surface area (Å²) in [5, 5.41) is 17.1. The van der Waals surface area contributed by atoms with Crippen molar-refractivity contribution in [2.45, 2.75) is 26.3 Å². The SMILES string of the molecule is CCCNc1ncc([N+](=O)[O-])c(NC(C)CN(C)C)n1. The third kappa shape index (κ3) is 4.96. The average Bonchev–Trinajstić information content (AvgIpc) is 2.35. The number of hydrogen-bond donors (Lipinski definition) is 2. The molecule has 1 atom stereocenters. The predicted octanol–water partition coefficient (Wildman–Crippen LogP) is 1.57. The Balaban J connectivity index is 2.90. The Morgan fingerprint density at radius 3 is 2.75 bits per heavy atom. The topological polar surface area (TPSA) is 96.2 Å². The fourth-order valence-electron chi connectivity index (χ4n) is 1.76. The number of anilines is 2. The highest BCUT2D eigenvalue weighted by Gasteiger charge is 2.19. The zero-order chi connectivity index (χ0) is 15.1. The van der Waals surface area contributed by atoms with Crippen LogP contribution in [0.4, 0.5) is 17.5 Å². The van der Waals surface area contributed by atoms with Crippen molar-refractivity contribution in [2.24, 2.45) is 0 Å². The molecule has 2 N–H and O–H groups in total. The summed E-state index contributed by atoms with van der Waals surface area (Å²) < 4.78 is 0. The minimum absolute atomic E-state index is 0.0395. The molecule has 0 bridgehead atoms. The van der Waals surface area contributed by atoms with E-state index in [1.54, 1.807) is 0 Å². The van der Waals surface area contributed by atoms with Gasteiger partial charge < -0.3 is 15.5 Å². The molecule has 0 saturated carbocycles. The molecule has 8 nitrogen and oxygen atoms in total. The number of nitrogens with one attached hydrogen (secondary N) is 2. The van der Waals surface area contributed by atoms with Gasteiger partial charge in [0.05, 0.1) is 4.92 Å². The van der Waals surface area contributed by atoms with Crippen molar-refractivity contribution in [2.75, 3.05) is 37.8 Å². The normalized spacial score (nSPS) is 12.2. The maximum Gasteiger partial charge on any atom is 0.329 e. The van der Waals surface area contributed by atoms with Gasteiger partial charge in [-0.15, -0.1) is 0 Å². The van der Waals surface area contributed by atoms with E-state index in [4.69, 9.17) is 0 Å². The fourth-order valence-corrected chi connectivity index (χ4v) is 1.76. The molecule has 1 aromatic heterocycles. The molecular formula is C12H22N6O2. The Labute approximate surface area is 118 Å². The number of aromatic nitrogens is 2. The van der Waals surface area contributed by atoms with Gasteiger partial charge >= 0.3 is 5.69 Å². The van der Waals surface area contributed by atoms with Crippen molar-refractivity contribution >= 4 is 17.5 Å². The molecule has 1 unspecified atom stereocenters. The van der Waals surface area contributed by atoms with E-state index in [1.807, 2.05) is 32.8 Å². The Bertz CT molecular complexity index is 452. The monoisotopic (exact) mass is 282 g/mol. The Kier molecular flexibility index (Phi) is 6.10.